The second kappa shape index (κ2) is 9.80. The molecule has 9 heteroatoms. The van der Waals surface area contributed by atoms with Crippen LogP contribution in [0, 0.1) is 17.2 Å². The number of hydrogen-bond donors (Lipinski definition) is 3. The van der Waals surface area contributed by atoms with Crippen LogP contribution in [0.5, 0.6) is 0 Å². The fourth-order valence-electron chi connectivity index (χ4n) is 4.81. The molecule has 3 aromatic rings. The first kappa shape index (κ1) is 25.2. The number of aliphatic carboxylic acids is 1. The number of hydrogen-bond acceptors (Lipinski definition) is 4. The van der Waals surface area contributed by atoms with Gasteiger partial charge in [0.2, 0.25) is 0 Å². The highest BCUT2D eigenvalue weighted by Crippen LogP contribution is 2.51. The summed E-state index contributed by atoms with van der Waals surface area (Å²) in [6, 6.07) is 17.3. The van der Waals surface area contributed by atoms with Crippen molar-refractivity contribution in [2.24, 2.45) is 5.92 Å². The number of alkyl halides is 4. The Morgan fingerprint density at radius 3 is 2.37 bits per heavy atom. The zero-order valence-corrected chi connectivity index (χ0v) is 19.8. The van der Waals surface area contributed by atoms with Crippen molar-refractivity contribution in [3.63, 3.8) is 0 Å². The van der Waals surface area contributed by atoms with E-state index in [-0.39, 0.29) is 22.6 Å². The molecule has 0 spiro atoms. The summed E-state index contributed by atoms with van der Waals surface area (Å²) in [6.45, 7) is 0. The first-order valence-electron chi connectivity index (χ1n) is 11.8. The molecule has 1 heterocycles. The largest absolute Gasteiger partial charge is 0.478 e. The zero-order chi connectivity index (χ0) is 27.0. The second-order valence-electron chi connectivity index (χ2n) is 9.09. The second-order valence-corrected chi connectivity index (χ2v) is 9.09. The topological polar surface area (TPSA) is 85.2 Å². The standard InChI is InChI=1S/C29H21F4N3O2/c30-28-27-21(15-34)19(12-13-23(27)35-36-28)25(17-8-5-16(6-9-17)7-14-24(37)38)26(18-10-11-18)20-3-1-2-4-22(20)29(31,32)33/h1-9,12-14,18,28,35-36H,10-11H2,(H,37,38)/b14-7+,26-25+. The van der Waals surface area contributed by atoms with Crippen LogP contribution in [0.2, 0.25) is 0 Å². The van der Waals surface area contributed by atoms with Crippen LogP contribution in [0.15, 0.2) is 66.7 Å². The molecule has 38 heavy (non-hydrogen) atoms. The molecule has 3 N–H and O–H groups in total. The van der Waals surface area contributed by atoms with Gasteiger partial charge in [0.25, 0.3) is 0 Å². The Bertz CT molecular complexity index is 1510. The van der Waals surface area contributed by atoms with Crippen molar-refractivity contribution in [1.82, 2.24) is 5.43 Å². The highest BCUT2D eigenvalue weighted by molar-refractivity contribution is 6.02. The minimum Gasteiger partial charge on any atom is -0.478 e. The van der Waals surface area contributed by atoms with Crippen molar-refractivity contribution >= 4 is 28.9 Å². The van der Waals surface area contributed by atoms with E-state index in [1.165, 1.54) is 18.2 Å². The number of allylic oxidation sites excluding steroid dienone is 1. The van der Waals surface area contributed by atoms with Gasteiger partial charge in [-0.1, -0.05) is 48.5 Å². The summed E-state index contributed by atoms with van der Waals surface area (Å²) in [5, 5.41) is 19.0. The molecule has 1 saturated carbocycles. The number of nitrogens with zero attached hydrogens (tertiary/aromatic N) is 1. The van der Waals surface area contributed by atoms with Crippen molar-refractivity contribution in [3.8, 4) is 6.07 Å². The summed E-state index contributed by atoms with van der Waals surface area (Å²) in [5.74, 6) is -1.30. The average molecular weight is 519 g/mol. The monoisotopic (exact) mass is 519 g/mol. The minimum atomic E-state index is -4.61. The number of carbonyl (C=O) groups is 1. The molecule has 0 bridgehead atoms. The molecule has 0 aromatic heterocycles. The van der Waals surface area contributed by atoms with Gasteiger partial charge in [0.1, 0.15) is 6.07 Å². The number of rotatable bonds is 6. The lowest BCUT2D eigenvalue weighted by atomic mass is 9.82. The van der Waals surface area contributed by atoms with Gasteiger partial charge in [-0.2, -0.15) is 18.4 Å². The molecule has 0 amide bonds. The number of benzene rings is 3. The molecule has 2 aliphatic rings. The Kier molecular flexibility index (Phi) is 6.51. The highest BCUT2D eigenvalue weighted by Gasteiger charge is 2.39. The van der Waals surface area contributed by atoms with Gasteiger partial charge in [-0.15, -0.1) is 0 Å². The Balaban J connectivity index is 1.83. The fraction of sp³-hybridized carbons (Fsp3) is 0.172. The maximum atomic E-state index is 14.8. The van der Waals surface area contributed by atoms with E-state index < -0.39 is 24.0 Å². The van der Waals surface area contributed by atoms with Crippen LogP contribution in [-0.2, 0) is 11.0 Å². The third-order valence-electron chi connectivity index (χ3n) is 6.61. The third kappa shape index (κ3) is 4.78. The normalized spacial score (nSPS) is 17.5. The van der Waals surface area contributed by atoms with E-state index >= 15 is 0 Å². The molecule has 5 nitrogen and oxygen atoms in total. The highest BCUT2D eigenvalue weighted by atomic mass is 19.4. The van der Waals surface area contributed by atoms with Crippen molar-refractivity contribution in [2.75, 3.05) is 5.43 Å². The van der Waals surface area contributed by atoms with Crippen molar-refractivity contribution in [2.45, 2.75) is 25.3 Å². The van der Waals surface area contributed by atoms with Crippen LogP contribution >= 0.6 is 0 Å². The predicted octanol–water partition coefficient (Wildman–Crippen LogP) is 6.94. The van der Waals surface area contributed by atoms with Gasteiger partial charge < -0.3 is 10.5 Å². The van der Waals surface area contributed by atoms with Gasteiger partial charge in [-0.3, -0.25) is 0 Å². The predicted molar refractivity (Wildman–Crippen MR) is 135 cm³/mol. The van der Waals surface area contributed by atoms with Gasteiger partial charge in [-0.25, -0.2) is 14.6 Å². The Morgan fingerprint density at radius 2 is 1.74 bits per heavy atom. The van der Waals surface area contributed by atoms with Gasteiger partial charge in [0.15, 0.2) is 6.30 Å². The van der Waals surface area contributed by atoms with Crippen LogP contribution in [0.1, 0.15) is 58.1 Å². The molecular formula is C29H21F4N3O2. The molecule has 0 saturated heterocycles. The Morgan fingerprint density at radius 1 is 1.03 bits per heavy atom. The lowest BCUT2D eigenvalue weighted by molar-refractivity contribution is -0.137. The molecule has 1 fully saturated rings. The number of nitriles is 1. The lowest BCUT2D eigenvalue weighted by Crippen LogP contribution is -2.15. The maximum Gasteiger partial charge on any atom is 0.416 e. The quantitative estimate of drug-likeness (QED) is 0.142. The molecule has 5 rings (SSSR count). The van der Waals surface area contributed by atoms with Gasteiger partial charge in [0.05, 0.1) is 16.8 Å². The molecule has 192 valence electrons. The first-order chi connectivity index (χ1) is 18.2. The number of hydrazine groups is 1. The molecule has 0 radical (unpaired) electrons. The molecule has 1 aliphatic carbocycles. The van der Waals surface area contributed by atoms with Crippen LogP contribution in [0.25, 0.3) is 17.2 Å². The van der Waals surface area contributed by atoms with E-state index in [0.717, 1.165) is 12.1 Å². The summed E-state index contributed by atoms with van der Waals surface area (Å²) in [6.07, 6.45) is -2.55. The molecule has 1 unspecified atom stereocenters. The average Bonchev–Trinajstić information content (AvgIpc) is 3.67. The van der Waals surface area contributed by atoms with Gasteiger partial charge in [-0.05, 0) is 64.8 Å². The van der Waals surface area contributed by atoms with Crippen molar-refractivity contribution in [1.29, 1.82) is 5.26 Å². The summed E-state index contributed by atoms with van der Waals surface area (Å²) in [7, 11) is 0. The fourth-order valence-corrected chi connectivity index (χ4v) is 4.81. The number of halogens is 4. The summed E-state index contributed by atoms with van der Waals surface area (Å²) >= 11 is 0. The van der Waals surface area contributed by atoms with Crippen LogP contribution < -0.4 is 10.9 Å². The number of carboxylic acid groups (broad SMARTS) is 1. The number of nitrogens with one attached hydrogen (secondary N) is 2. The minimum absolute atomic E-state index is 0.0183. The van der Waals surface area contributed by atoms with Crippen LogP contribution in [-0.4, -0.2) is 11.1 Å². The van der Waals surface area contributed by atoms with E-state index in [1.807, 2.05) is 0 Å². The zero-order valence-electron chi connectivity index (χ0n) is 19.8. The van der Waals surface area contributed by atoms with Crippen LogP contribution in [0.3, 0.4) is 0 Å². The van der Waals surface area contributed by atoms with Crippen molar-refractivity contribution < 1.29 is 27.5 Å². The number of fused-ring (bicyclic) bond motifs is 1. The molecule has 1 aliphatic heterocycles. The summed E-state index contributed by atoms with van der Waals surface area (Å²) in [5.41, 5.74) is 7.15. The Hall–Kier alpha value is -4.42. The third-order valence-corrected chi connectivity index (χ3v) is 6.61. The van der Waals surface area contributed by atoms with Gasteiger partial charge >= 0.3 is 12.1 Å². The van der Waals surface area contributed by atoms with E-state index in [2.05, 4.69) is 16.9 Å². The van der Waals surface area contributed by atoms with E-state index in [4.69, 9.17) is 5.11 Å². The smallest absolute Gasteiger partial charge is 0.416 e. The lowest BCUT2D eigenvalue weighted by Gasteiger charge is -2.22. The number of carboxylic acids is 1. The van der Waals surface area contributed by atoms with Gasteiger partial charge in [0, 0.05) is 17.2 Å². The molecular weight excluding hydrogens is 498 g/mol. The Labute approximate surface area is 215 Å². The van der Waals surface area contributed by atoms with E-state index in [9.17, 15) is 27.6 Å². The summed E-state index contributed by atoms with van der Waals surface area (Å²) < 4.78 is 57.2. The first-order valence-corrected chi connectivity index (χ1v) is 11.8. The molecule has 3 aromatic carbocycles. The number of anilines is 1. The maximum absolute atomic E-state index is 14.8. The van der Waals surface area contributed by atoms with Crippen molar-refractivity contribution in [3.05, 3.63) is 106 Å². The van der Waals surface area contributed by atoms with Crippen LogP contribution in [0.4, 0.5) is 23.2 Å². The summed E-state index contributed by atoms with van der Waals surface area (Å²) in [4.78, 5) is 10.9. The SMILES string of the molecule is N#Cc1c(/C(=C(/c2ccccc2C(F)(F)F)C2CC2)c2ccc(/C=C/C(=O)O)cc2)ccc2c1C(F)NN2. The van der Waals surface area contributed by atoms with E-state index in [0.29, 0.717) is 46.4 Å². The molecule has 1 atom stereocenters. The van der Waals surface area contributed by atoms with E-state index in [1.54, 1.807) is 42.5 Å².